The lowest BCUT2D eigenvalue weighted by molar-refractivity contribution is -0.142. The van der Waals surface area contributed by atoms with Crippen molar-refractivity contribution in [1.29, 1.82) is 0 Å². The summed E-state index contributed by atoms with van der Waals surface area (Å²) < 4.78 is 6.92. The SMILES string of the molecule is CNC(=O)c1ccc(NC(=O)COC(=O)/C=C/c2cn(Cc3ccccc3)nc2-c2ccccc2)cc1. The first-order valence-corrected chi connectivity index (χ1v) is 11.7. The van der Waals surface area contributed by atoms with Crippen LogP contribution in [-0.2, 0) is 20.9 Å². The highest BCUT2D eigenvalue weighted by Gasteiger charge is 2.11. The van der Waals surface area contributed by atoms with Gasteiger partial charge < -0.3 is 15.4 Å². The third kappa shape index (κ3) is 7.02. The molecular weight excluding hydrogens is 468 g/mol. The molecule has 4 aromatic rings. The Kier molecular flexibility index (Phi) is 8.23. The quantitative estimate of drug-likeness (QED) is 0.269. The summed E-state index contributed by atoms with van der Waals surface area (Å²) in [4.78, 5) is 36.1. The van der Waals surface area contributed by atoms with E-state index in [1.807, 2.05) is 71.5 Å². The van der Waals surface area contributed by atoms with Crippen molar-refractivity contribution in [3.05, 3.63) is 114 Å². The molecule has 0 saturated carbocycles. The van der Waals surface area contributed by atoms with Crippen LogP contribution in [0.25, 0.3) is 17.3 Å². The number of benzene rings is 3. The van der Waals surface area contributed by atoms with Crippen molar-refractivity contribution in [2.24, 2.45) is 0 Å². The largest absolute Gasteiger partial charge is 0.452 e. The number of nitrogens with one attached hydrogen (secondary N) is 2. The number of carbonyl (C=O) groups is 3. The summed E-state index contributed by atoms with van der Waals surface area (Å²) in [6.07, 6.45) is 4.78. The molecule has 0 aliphatic carbocycles. The van der Waals surface area contributed by atoms with Crippen molar-refractivity contribution >= 4 is 29.5 Å². The van der Waals surface area contributed by atoms with Gasteiger partial charge in [0.15, 0.2) is 6.61 Å². The predicted octanol–water partition coefficient (Wildman–Crippen LogP) is 4.15. The first-order chi connectivity index (χ1) is 18.0. The molecule has 8 nitrogen and oxygen atoms in total. The van der Waals surface area contributed by atoms with Gasteiger partial charge in [0.05, 0.1) is 12.2 Å². The minimum absolute atomic E-state index is 0.223. The van der Waals surface area contributed by atoms with Gasteiger partial charge in [-0.3, -0.25) is 14.3 Å². The summed E-state index contributed by atoms with van der Waals surface area (Å²) in [6, 6.07) is 26.0. The van der Waals surface area contributed by atoms with Gasteiger partial charge in [-0.2, -0.15) is 5.10 Å². The Hall–Kier alpha value is -4.98. The fourth-order valence-electron chi connectivity index (χ4n) is 3.62. The van der Waals surface area contributed by atoms with Crippen LogP contribution in [0.1, 0.15) is 21.5 Å². The Balaban J connectivity index is 1.38. The zero-order valence-electron chi connectivity index (χ0n) is 20.3. The maximum atomic E-state index is 12.3. The number of anilines is 1. The highest BCUT2D eigenvalue weighted by atomic mass is 16.5. The average molecular weight is 495 g/mol. The van der Waals surface area contributed by atoms with Crippen LogP contribution >= 0.6 is 0 Å². The van der Waals surface area contributed by atoms with Crippen LogP contribution in [-0.4, -0.2) is 41.2 Å². The zero-order chi connectivity index (χ0) is 26.0. The van der Waals surface area contributed by atoms with E-state index < -0.39 is 18.5 Å². The van der Waals surface area contributed by atoms with Crippen LogP contribution in [0.5, 0.6) is 0 Å². The van der Waals surface area contributed by atoms with Gasteiger partial charge in [0.2, 0.25) is 0 Å². The molecule has 1 aromatic heterocycles. The molecule has 8 heteroatoms. The second kappa shape index (κ2) is 12.1. The molecule has 0 fully saturated rings. The molecule has 4 rings (SSSR count). The minimum atomic E-state index is -0.653. The summed E-state index contributed by atoms with van der Waals surface area (Å²) in [5, 5.41) is 9.88. The van der Waals surface area contributed by atoms with E-state index >= 15 is 0 Å². The van der Waals surface area contributed by atoms with E-state index in [0.29, 0.717) is 17.8 Å². The van der Waals surface area contributed by atoms with Gasteiger partial charge in [-0.25, -0.2) is 4.79 Å². The molecule has 1 heterocycles. The summed E-state index contributed by atoms with van der Waals surface area (Å²) >= 11 is 0. The van der Waals surface area contributed by atoms with E-state index in [1.165, 1.54) is 6.08 Å². The van der Waals surface area contributed by atoms with Crippen LogP contribution in [0.2, 0.25) is 0 Å². The standard InChI is InChI=1S/C29H26N4O4/c1-30-29(36)23-12-15-25(16-13-23)31-26(34)20-37-27(35)17-14-24-19-33(18-21-8-4-2-5-9-21)32-28(24)22-10-6-3-7-11-22/h2-17,19H,18,20H2,1H3,(H,30,36)(H,31,34)/b17-14+. The lowest BCUT2D eigenvalue weighted by Crippen LogP contribution is -2.20. The fourth-order valence-corrected chi connectivity index (χ4v) is 3.62. The van der Waals surface area contributed by atoms with Crippen LogP contribution in [0, 0.1) is 0 Å². The molecule has 0 unspecified atom stereocenters. The van der Waals surface area contributed by atoms with Crippen LogP contribution in [0.15, 0.2) is 97.2 Å². The predicted molar refractivity (Wildman–Crippen MR) is 142 cm³/mol. The maximum Gasteiger partial charge on any atom is 0.331 e. The van der Waals surface area contributed by atoms with Gasteiger partial charge >= 0.3 is 5.97 Å². The van der Waals surface area contributed by atoms with Gasteiger partial charge in [-0.1, -0.05) is 60.7 Å². The van der Waals surface area contributed by atoms with E-state index in [0.717, 1.165) is 22.4 Å². The van der Waals surface area contributed by atoms with Gasteiger partial charge in [0.25, 0.3) is 11.8 Å². The molecule has 0 aliphatic rings. The highest BCUT2D eigenvalue weighted by molar-refractivity contribution is 5.97. The number of nitrogens with zero attached hydrogens (tertiary/aromatic N) is 2. The number of aromatic nitrogens is 2. The van der Waals surface area contributed by atoms with Crippen molar-refractivity contribution < 1.29 is 19.1 Å². The van der Waals surface area contributed by atoms with Crippen molar-refractivity contribution in [3.63, 3.8) is 0 Å². The Labute approximate surface area is 214 Å². The molecule has 0 radical (unpaired) electrons. The van der Waals surface area contributed by atoms with Gasteiger partial charge in [-0.15, -0.1) is 0 Å². The Morgan fingerprint density at radius 3 is 2.27 bits per heavy atom. The Morgan fingerprint density at radius 2 is 1.59 bits per heavy atom. The van der Waals surface area contributed by atoms with Crippen molar-refractivity contribution in [1.82, 2.24) is 15.1 Å². The monoisotopic (exact) mass is 494 g/mol. The summed E-state index contributed by atoms with van der Waals surface area (Å²) in [6.45, 7) is 0.141. The molecule has 0 saturated heterocycles. The number of ether oxygens (including phenoxy) is 1. The van der Waals surface area contributed by atoms with Gasteiger partial charge in [0, 0.05) is 41.7 Å². The number of esters is 1. The van der Waals surface area contributed by atoms with Crippen LogP contribution in [0.4, 0.5) is 5.69 Å². The molecule has 186 valence electrons. The third-order valence-corrected chi connectivity index (χ3v) is 5.43. The number of amides is 2. The molecule has 0 spiro atoms. The highest BCUT2D eigenvalue weighted by Crippen LogP contribution is 2.23. The molecule has 2 amide bonds. The summed E-state index contributed by atoms with van der Waals surface area (Å²) in [7, 11) is 1.54. The second-order valence-electron chi connectivity index (χ2n) is 8.13. The average Bonchev–Trinajstić information content (AvgIpc) is 3.34. The van der Waals surface area contributed by atoms with Gasteiger partial charge in [0.1, 0.15) is 0 Å². The van der Waals surface area contributed by atoms with Crippen LogP contribution < -0.4 is 10.6 Å². The smallest absolute Gasteiger partial charge is 0.331 e. The lowest BCUT2D eigenvalue weighted by Gasteiger charge is -2.06. The molecule has 3 aromatic carbocycles. The Bertz CT molecular complexity index is 1400. The number of rotatable bonds is 9. The topological polar surface area (TPSA) is 102 Å². The molecule has 0 aliphatic heterocycles. The normalized spacial score (nSPS) is 10.7. The number of carbonyl (C=O) groups excluding carboxylic acids is 3. The van der Waals surface area contributed by atoms with Crippen molar-refractivity contribution in [3.8, 4) is 11.3 Å². The molecule has 0 bridgehead atoms. The van der Waals surface area contributed by atoms with E-state index in [2.05, 4.69) is 10.6 Å². The third-order valence-electron chi connectivity index (χ3n) is 5.43. The lowest BCUT2D eigenvalue weighted by atomic mass is 10.1. The first kappa shape index (κ1) is 25.1. The maximum absolute atomic E-state index is 12.3. The number of hydrogen-bond acceptors (Lipinski definition) is 5. The molecular formula is C29H26N4O4. The zero-order valence-corrected chi connectivity index (χ0v) is 20.3. The van der Waals surface area contributed by atoms with E-state index in [9.17, 15) is 14.4 Å². The minimum Gasteiger partial charge on any atom is -0.452 e. The summed E-state index contributed by atoms with van der Waals surface area (Å²) in [5.41, 5.74) is 4.47. The van der Waals surface area contributed by atoms with Crippen LogP contribution in [0.3, 0.4) is 0 Å². The molecule has 0 atom stereocenters. The molecule has 37 heavy (non-hydrogen) atoms. The fraction of sp³-hybridized carbons (Fsp3) is 0.103. The van der Waals surface area contributed by atoms with Gasteiger partial charge in [-0.05, 0) is 35.9 Å². The molecule has 2 N–H and O–H groups in total. The van der Waals surface area contributed by atoms with E-state index in [4.69, 9.17) is 9.84 Å². The summed E-state index contributed by atoms with van der Waals surface area (Å²) in [5.74, 6) is -1.37. The van der Waals surface area contributed by atoms with Crippen molar-refractivity contribution in [2.75, 3.05) is 19.0 Å². The number of hydrogen-bond donors (Lipinski definition) is 2. The van der Waals surface area contributed by atoms with E-state index in [-0.39, 0.29) is 5.91 Å². The Morgan fingerprint density at radius 1 is 0.919 bits per heavy atom. The van der Waals surface area contributed by atoms with E-state index in [1.54, 1.807) is 37.4 Å². The second-order valence-corrected chi connectivity index (χ2v) is 8.13. The first-order valence-electron chi connectivity index (χ1n) is 11.7. The van der Waals surface area contributed by atoms with Crippen molar-refractivity contribution in [2.45, 2.75) is 6.54 Å².